The van der Waals surface area contributed by atoms with E-state index in [1.165, 1.54) is 17.9 Å². The number of fused-ring (bicyclic) bond motifs is 1. The highest BCUT2D eigenvalue weighted by Gasteiger charge is 2.00. The highest BCUT2D eigenvalue weighted by atomic mass is 79.9. The molecule has 3 aromatic carbocycles. The molecule has 25 heavy (non-hydrogen) atoms. The van der Waals surface area contributed by atoms with Crippen LogP contribution in [0.15, 0.2) is 69.6 Å². The molecule has 0 aliphatic heterocycles. The van der Waals surface area contributed by atoms with E-state index in [2.05, 4.69) is 66.2 Å². The lowest BCUT2D eigenvalue weighted by molar-refractivity contribution is -0.119. The van der Waals surface area contributed by atoms with Crippen molar-refractivity contribution in [3.05, 3.63) is 74.6 Å². The van der Waals surface area contributed by atoms with E-state index in [0.29, 0.717) is 10.7 Å². The lowest BCUT2D eigenvalue weighted by Gasteiger charge is -2.03. The molecule has 0 aliphatic rings. The molecular formula is C19H16Br2ClNO2. The summed E-state index contributed by atoms with van der Waals surface area (Å²) in [4.78, 5) is 11.0. The van der Waals surface area contributed by atoms with Gasteiger partial charge in [-0.1, -0.05) is 61.7 Å². The molecule has 1 N–H and O–H groups in total. The molecule has 1 amide bonds. The normalized spacial score (nSPS) is 10.1. The number of ether oxygens (including phenoxy) is 1. The van der Waals surface area contributed by atoms with Crippen LogP contribution in [0.4, 0.5) is 5.69 Å². The maximum Gasteiger partial charge on any atom is 0.250 e. The standard InChI is InChI=1S/C10H6Br2.C9H10ClNO2/c11-8-4-5-9-7(6-8)2-1-3-10(9)12;1-13-6-9(12)11-8-4-2-7(10)3-5-8/h1-6H;2-5H,6H2,1H3,(H,11,12). The molecule has 0 saturated carbocycles. The molecule has 0 radical (unpaired) electrons. The molecular weight excluding hydrogens is 469 g/mol. The molecule has 0 bridgehead atoms. The lowest BCUT2D eigenvalue weighted by Crippen LogP contribution is -2.16. The molecule has 0 unspecified atom stereocenters. The molecule has 3 nitrogen and oxygen atoms in total. The molecule has 130 valence electrons. The number of hydrogen-bond acceptors (Lipinski definition) is 2. The van der Waals surface area contributed by atoms with Crippen molar-refractivity contribution in [3.63, 3.8) is 0 Å². The Morgan fingerprint density at radius 3 is 2.48 bits per heavy atom. The maximum absolute atomic E-state index is 11.0. The first kappa shape index (κ1) is 19.9. The Morgan fingerprint density at radius 2 is 1.80 bits per heavy atom. The minimum atomic E-state index is -0.176. The highest BCUT2D eigenvalue weighted by molar-refractivity contribution is 9.11. The fraction of sp³-hybridized carbons (Fsp3) is 0.105. The summed E-state index contributed by atoms with van der Waals surface area (Å²) in [6.07, 6.45) is 0. The SMILES string of the molecule is Brc1ccc2c(Br)cccc2c1.COCC(=O)Nc1ccc(Cl)cc1. The van der Waals surface area contributed by atoms with Crippen molar-refractivity contribution in [1.29, 1.82) is 0 Å². The van der Waals surface area contributed by atoms with E-state index < -0.39 is 0 Å². The Bertz CT molecular complexity index is 854. The lowest BCUT2D eigenvalue weighted by atomic mass is 10.1. The van der Waals surface area contributed by atoms with Crippen molar-refractivity contribution >= 4 is 65.8 Å². The van der Waals surface area contributed by atoms with Gasteiger partial charge >= 0.3 is 0 Å². The molecule has 0 saturated heterocycles. The molecule has 0 fully saturated rings. The predicted octanol–water partition coefficient (Wildman–Crippen LogP) is 6.29. The summed E-state index contributed by atoms with van der Waals surface area (Å²) in [6.45, 7) is 0.0582. The third kappa shape index (κ3) is 6.44. The minimum absolute atomic E-state index is 0.0582. The predicted molar refractivity (Wildman–Crippen MR) is 111 cm³/mol. The molecule has 6 heteroatoms. The zero-order valence-corrected chi connectivity index (χ0v) is 17.4. The minimum Gasteiger partial charge on any atom is -0.375 e. The van der Waals surface area contributed by atoms with Crippen molar-refractivity contribution < 1.29 is 9.53 Å². The third-order valence-electron chi connectivity index (χ3n) is 3.19. The van der Waals surface area contributed by atoms with Crippen molar-refractivity contribution in [1.82, 2.24) is 0 Å². The van der Waals surface area contributed by atoms with Crippen molar-refractivity contribution in [3.8, 4) is 0 Å². The van der Waals surface area contributed by atoms with Gasteiger partial charge in [0.25, 0.3) is 0 Å². The van der Waals surface area contributed by atoms with Crippen molar-refractivity contribution in [2.75, 3.05) is 19.0 Å². The Balaban J connectivity index is 0.000000181. The summed E-state index contributed by atoms with van der Waals surface area (Å²) in [6, 6.07) is 19.3. The van der Waals surface area contributed by atoms with Crippen LogP contribution in [0.5, 0.6) is 0 Å². The Morgan fingerprint density at radius 1 is 1.08 bits per heavy atom. The van der Waals surface area contributed by atoms with Crippen molar-refractivity contribution in [2.24, 2.45) is 0 Å². The largest absolute Gasteiger partial charge is 0.375 e. The zero-order valence-electron chi connectivity index (χ0n) is 13.4. The van der Waals surface area contributed by atoms with Gasteiger partial charge in [-0.15, -0.1) is 0 Å². The summed E-state index contributed by atoms with van der Waals surface area (Å²) in [7, 11) is 1.47. The van der Waals surface area contributed by atoms with Crippen LogP contribution in [0, 0.1) is 0 Å². The fourth-order valence-electron chi connectivity index (χ4n) is 2.08. The van der Waals surface area contributed by atoms with Crippen LogP contribution in [0.25, 0.3) is 10.8 Å². The summed E-state index contributed by atoms with van der Waals surface area (Å²) in [5.41, 5.74) is 0.714. The van der Waals surface area contributed by atoms with Crippen LogP contribution >= 0.6 is 43.5 Å². The number of anilines is 1. The van der Waals surface area contributed by atoms with Crippen LogP contribution in [0.1, 0.15) is 0 Å². The number of benzene rings is 3. The smallest absolute Gasteiger partial charge is 0.250 e. The van der Waals surface area contributed by atoms with Gasteiger partial charge in [-0.2, -0.15) is 0 Å². The number of rotatable bonds is 3. The third-order valence-corrected chi connectivity index (χ3v) is 4.63. The first-order valence-corrected chi connectivity index (χ1v) is 9.34. The van der Waals surface area contributed by atoms with Gasteiger partial charge in [0.15, 0.2) is 0 Å². The van der Waals surface area contributed by atoms with E-state index in [-0.39, 0.29) is 12.5 Å². The van der Waals surface area contributed by atoms with E-state index >= 15 is 0 Å². The molecule has 0 heterocycles. The van der Waals surface area contributed by atoms with Gasteiger partial charge in [-0.25, -0.2) is 0 Å². The highest BCUT2D eigenvalue weighted by Crippen LogP contribution is 2.26. The number of hydrogen-bond donors (Lipinski definition) is 1. The number of carbonyl (C=O) groups is 1. The number of carbonyl (C=O) groups excluding carboxylic acids is 1. The van der Waals surface area contributed by atoms with E-state index in [4.69, 9.17) is 11.6 Å². The van der Waals surface area contributed by atoms with Gasteiger partial charge in [-0.05, 0) is 53.2 Å². The van der Waals surface area contributed by atoms with Crippen LogP contribution in [-0.2, 0) is 9.53 Å². The zero-order chi connectivity index (χ0) is 18.2. The molecule has 0 aliphatic carbocycles. The maximum atomic E-state index is 11.0. The van der Waals surface area contributed by atoms with Gasteiger partial charge in [0.05, 0.1) is 0 Å². The van der Waals surface area contributed by atoms with Gasteiger partial charge in [-0.3, -0.25) is 4.79 Å². The second-order valence-electron chi connectivity index (χ2n) is 5.09. The number of methoxy groups -OCH3 is 1. The summed E-state index contributed by atoms with van der Waals surface area (Å²) in [5, 5.41) is 5.79. The van der Waals surface area contributed by atoms with E-state index in [9.17, 15) is 4.79 Å². The van der Waals surface area contributed by atoms with E-state index in [1.54, 1.807) is 24.3 Å². The van der Waals surface area contributed by atoms with Crippen LogP contribution in [0.3, 0.4) is 0 Å². The average Bonchev–Trinajstić information content (AvgIpc) is 2.58. The molecule has 0 aromatic heterocycles. The second kappa shape index (κ2) is 9.92. The molecule has 0 spiro atoms. The first-order valence-electron chi connectivity index (χ1n) is 7.37. The van der Waals surface area contributed by atoms with E-state index in [0.717, 1.165) is 8.95 Å². The molecule has 3 rings (SSSR count). The Labute approximate surface area is 168 Å². The van der Waals surface area contributed by atoms with Gasteiger partial charge in [0, 0.05) is 26.8 Å². The van der Waals surface area contributed by atoms with Crippen LogP contribution in [-0.4, -0.2) is 19.6 Å². The quantitative estimate of drug-likeness (QED) is 0.474. The average molecular weight is 486 g/mol. The first-order chi connectivity index (χ1) is 12.0. The second-order valence-corrected chi connectivity index (χ2v) is 7.30. The summed E-state index contributed by atoms with van der Waals surface area (Å²) >= 11 is 12.6. The van der Waals surface area contributed by atoms with Gasteiger partial charge in [0.2, 0.25) is 5.91 Å². The number of halogens is 3. The van der Waals surface area contributed by atoms with Gasteiger partial charge < -0.3 is 10.1 Å². The summed E-state index contributed by atoms with van der Waals surface area (Å²) < 4.78 is 6.93. The number of amides is 1. The van der Waals surface area contributed by atoms with Crippen molar-refractivity contribution in [2.45, 2.75) is 0 Å². The van der Waals surface area contributed by atoms with Crippen LogP contribution in [0.2, 0.25) is 5.02 Å². The topological polar surface area (TPSA) is 38.3 Å². The Hall–Kier alpha value is -1.40. The summed E-state index contributed by atoms with van der Waals surface area (Å²) in [5.74, 6) is -0.176. The molecule has 3 aromatic rings. The van der Waals surface area contributed by atoms with Gasteiger partial charge in [0.1, 0.15) is 6.61 Å². The monoisotopic (exact) mass is 483 g/mol. The molecule has 0 atom stereocenters. The van der Waals surface area contributed by atoms with Crippen LogP contribution < -0.4 is 5.32 Å². The van der Waals surface area contributed by atoms with E-state index in [1.807, 2.05) is 12.1 Å². The fourth-order valence-corrected chi connectivity index (χ4v) is 3.09. The number of nitrogens with one attached hydrogen (secondary N) is 1. The Kier molecular flexibility index (Phi) is 7.90.